The minimum Gasteiger partial charge on any atom is -0.491 e. The van der Waals surface area contributed by atoms with Gasteiger partial charge in [-0.2, -0.15) is 0 Å². The van der Waals surface area contributed by atoms with Crippen molar-refractivity contribution in [2.75, 3.05) is 5.32 Å². The van der Waals surface area contributed by atoms with E-state index < -0.39 is 0 Å². The molecular weight excluding hydrogens is 338 g/mol. The number of halogens is 2. The highest BCUT2D eigenvalue weighted by atomic mass is 79.9. The van der Waals surface area contributed by atoms with Gasteiger partial charge in [-0.25, -0.2) is 0 Å². The molecule has 0 aliphatic carbocycles. The summed E-state index contributed by atoms with van der Waals surface area (Å²) in [6.07, 6.45) is 0.195. The zero-order chi connectivity index (χ0) is 14.5. The van der Waals surface area contributed by atoms with Crippen LogP contribution in [0.5, 0.6) is 5.75 Å². The molecule has 2 rings (SSSR count). The van der Waals surface area contributed by atoms with Crippen molar-refractivity contribution in [1.29, 1.82) is 0 Å². The summed E-state index contributed by atoms with van der Waals surface area (Å²) in [6, 6.07) is 13.9. The minimum atomic E-state index is 0.195. The molecule has 0 aliphatic heterocycles. The number of rotatable bonds is 5. The van der Waals surface area contributed by atoms with Gasteiger partial charge in [0.25, 0.3) is 0 Å². The molecule has 0 heterocycles. The summed E-state index contributed by atoms with van der Waals surface area (Å²) in [4.78, 5) is 0. The summed E-state index contributed by atoms with van der Waals surface area (Å²) in [6.45, 7) is 4.76. The molecule has 0 bridgehead atoms. The summed E-state index contributed by atoms with van der Waals surface area (Å²) in [5.41, 5.74) is 2.11. The van der Waals surface area contributed by atoms with Crippen LogP contribution in [0.3, 0.4) is 0 Å². The second-order valence-electron chi connectivity index (χ2n) is 4.79. The number of hydrogen-bond acceptors (Lipinski definition) is 2. The zero-order valence-electron chi connectivity index (χ0n) is 11.5. The lowest BCUT2D eigenvalue weighted by Gasteiger charge is -2.11. The van der Waals surface area contributed by atoms with Gasteiger partial charge in [0, 0.05) is 11.0 Å². The SMILES string of the molecule is CC(C)Oc1ccc(CNc2ccc(Br)cc2Cl)cc1. The topological polar surface area (TPSA) is 21.3 Å². The van der Waals surface area contributed by atoms with Gasteiger partial charge in [0.05, 0.1) is 16.8 Å². The molecule has 2 aromatic carbocycles. The summed E-state index contributed by atoms with van der Waals surface area (Å²) in [7, 11) is 0. The van der Waals surface area contributed by atoms with Crippen LogP contribution in [0.4, 0.5) is 5.69 Å². The molecule has 0 aromatic heterocycles. The fourth-order valence-electron chi connectivity index (χ4n) is 1.79. The Morgan fingerprint density at radius 1 is 1.15 bits per heavy atom. The quantitative estimate of drug-likeness (QED) is 0.765. The molecule has 106 valence electrons. The van der Waals surface area contributed by atoms with Gasteiger partial charge in [-0.15, -0.1) is 0 Å². The highest BCUT2D eigenvalue weighted by Gasteiger charge is 2.02. The summed E-state index contributed by atoms with van der Waals surface area (Å²) < 4.78 is 6.59. The van der Waals surface area contributed by atoms with Crippen molar-refractivity contribution in [3.63, 3.8) is 0 Å². The number of nitrogens with one attached hydrogen (secondary N) is 1. The summed E-state index contributed by atoms with van der Waals surface area (Å²) >= 11 is 9.56. The van der Waals surface area contributed by atoms with E-state index in [1.165, 1.54) is 5.56 Å². The van der Waals surface area contributed by atoms with Crippen LogP contribution in [0.1, 0.15) is 19.4 Å². The van der Waals surface area contributed by atoms with E-state index in [1.807, 2.05) is 44.2 Å². The van der Waals surface area contributed by atoms with Gasteiger partial charge in [-0.3, -0.25) is 0 Å². The molecule has 0 saturated carbocycles. The number of hydrogen-bond donors (Lipinski definition) is 1. The Hall–Kier alpha value is -1.19. The zero-order valence-corrected chi connectivity index (χ0v) is 13.8. The highest BCUT2D eigenvalue weighted by Crippen LogP contribution is 2.26. The van der Waals surface area contributed by atoms with Crippen LogP contribution in [0.25, 0.3) is 0 Å². The van der Waals surface area contributed by atoms with Crippen molar-refractivity contribution >= 4 is 33.2 Å². The lowest BCUT2D eigenvalue weighted by Crippen LogP contribution is -2.05. The van der Waals surface area contributed by atoms with Gasteiger partial charge in [-0.1, -0.05) is 39.7 Å². The maximum Gasteiger partial charge on any atom is 0.119 e. The van der Waals surface area contributed by atoms with E-state index in [0.29, 0.717) is 5.02 Å². The Morgan fingerprint density at radius 3 is 2.45 bits per heavy atom. The Labute approximate surface area is 133 Å². The standard InChI is InChI=1S/C16H17BrClNO/c1-11(2)20-14-6-3-12(4-7-14)10-19-16-8-5-13(17)9-15(16)18/h3-9,11,19H,10H2,1-2H3. The van der Waals surface area contributed by atoms with Gasteiger partial charge in [0.1, 0.15) is 5.75 Å². The van der Waals surface area contributed by atoms with E-state index in [9.17, 15) is 0 Å². The highest BCUT2D eigenvalue weighted by molar-refractivity contribution is 9.10. The van der Waals surface area contributed by atoms with Crippen molar-refractivity contribution in [3.05, 3.63) is 57.5 Å². The maximum atomic E-state index is 6.17. The molecule has 20 heavy (non-hydrogen) atoms. The Bertz CT molecular complexity index is 569. The van der Waals surface area contributed by atoms with Crippen molar-refractivity contribution in [2.45, 2.75) is 26.5 Å². The lowest BCUT2D eigenvalue weighted by molar-refractivity contribution is 0.242. The predicted molar refractivity (Wildman–Crippen MR) is 88.7 cm³/mol. The van der Waals surface area contributed by atoms with Crippen molar-refractivity contribution in [3.8, 4) is 5.75 Å². The fraction of sp³-hybridized carbons (Fsp3) is 0.250. The molecule has 0 unspecified atom stereocenters. The third-order valence-electron chi connectivity index (χ3n) is 2.71. The molecule has 2 nitrogen and oxygen atoms in total. The smallest absolute Gasteiger partial charge is 0.119 e. The van der Waals surface area contributed by atoms with Crippen LogP contribution in [-0.4, -0.2) is 6.10 Å². The second-order valence-corrected chi connectivity index (χ2v) is 6.11. The van der Waals surface area contributed by atoms with E-state index in [-0.39, 0.29) is 6.10 Å². The normalized spacial score (nSPS) is 10.7. The Morgan fingerprint density at radius 2 is 1.85 bits per heavy atom. The molecule has 0 radical (unpaired) electrons. The molecular formula is C16H17BrClNO. The molecule has 2 aromatic rings. The first-order chi connectivity index (χ1) is 9.54. The van der Waals surface area contributed by atoms with E-state index in [0.717, 1.165) is 22.5 Å². The van der Waals surface area contributed by atoms with Gasteiger partial charge < -0.3 is 10.1 Å². The van der Waals surface area contributed by atoms with Crippen LogP contribution < -0.4 is 10.1 Å². The number of anilines is 1. The van der Waals surface area contributed by atoms with E-state index in [2.05, 4.69) is 33.4 Å². The van der Waals surface area contributed by atoms with Crippen molar-refractivity contribution in [2.24, 2.45) is 0 Å². The van der Waals surface area contributed by atoms with Gasteiger partial charge in [-0.05, 0) is 49.7 Å². The Balaban J connectivity index is 1.96. The average Bonchev–Trinajstić information content (AvgIpc) is 2.39. The molecule has 4 heteroatoms. The molecule has 0 fully saturated rings. The van der Waals surface area contributed by atoms with E-state index >= 15 is 0 Å². The lowest BCUT2D eigenvalue weighted by atomic mass is 10.2. The predicted octanol–water partition coefficient (Wildman–Crippen LogP) is 5.50. The van der Waals surface area contributed by atoms with Crippen molar-refractivity contribution in [1.82, 2.24) is 0 Å². The molecule has 0 aliphatic rings. The first kappa shape index (κ1) is 15.2. The Kier molecular flexibility index (Phi) is 5.32. The van der Waals surface area contributed by atoms with Crippen LogP contribution in [-0.2, 0) is 6.54 Å². The number of ether oxygens (including phenoxy) is 1. The van der Waals surface area contributed by atoms with Crippen LogP contribution in [0.15, 0.2) is 46.9 Å². The van der Waals surface area contributed by atoms with Gasteiger partial charge in [0.2, 0.25) is 0 Å². The second kappa shape index (κ2) is 7.00. The summed E-state index contributed by atoms with van der Waals surface area (Å²) in [5.74, 6) is 0.894. The molecule has 0 spiro atoms. The van der Waals surface area contributed by atoms with E-state index in [1.54, 1.807) is 0 Å². The monoisotopic (exact) mass is 353 g/mol. The van der Waals surface area contributed by atoms with Crippen molar-refractivity contribution < 1.29 is 4.74 Å². The third-order valence-corrected chi connectivity index (χ3v) is 3.52. The van der Waals surface area contributed by atoms with Crippen LogP contribution in [0, 0.1) is 0 Å². The van der Waals surface area contributed by atoms with E-state index in [4.69, 9.17) is 16.3 Å². The molecule has 0 atom stereocenters. The minimum absolute atomic E-state index is 0.195. The third kappa shape index (κ3) is 4.43. The number of benzene rings is 2. The van der Waals surface area contributed by atoms with Crippen LogP contribution >= 0.6 is 27.5 Å². The summed E-state index contributed by atoms with van der Waals surface area (Å²) in [5, 5.41) is 4.03. The average molecular weight is 355 g/mol. The molecule has 0 saturated heterocycles. The first-order valence-corrected chi connectivity index (χ1v) is 7.66. The van der Waals surface area contributed by atoms with Gasteiger partial charge in [0.15, 0.2) is 0 Å². The van der Waals surface area contributed by atoms with Gasteiger partial charge >= 0.3 is 0 Å². The molecule has 1 N–H and O–H groups in total. The maximum absolute atomic E-state index is 6.17. The fourth-order valence-corrected chi connectivity index (χ4v) is 2.53. The molecule has 0 amide bonds. The largest absolute Gasteiger partial charge is 0.491 e. The first-order valence-electron chi connectivity index (χ1n) is 6.49. The van der Waals surface area contributed by atoms with Crippen LogP contribution in [0.2, 0.25) is 5.02 Å².